The predicted octanol–water partition coefficient (Wildman–Crippen LogP) is 2.83. The molecule has 0 saturated carbocycles. The summed E-state index contributed by atoms with van der Waals surface area (Å²) >= 11 is 0. The van der Waals surface area contributed by atoms with Crippen LogP contribution in [-0.2, 0) is 9.59 Å². The molecular weight excluding hydrogens is 314 g/mol. The minimum atomic E-state index is -0.389. The van der Waals surface area contributed by atoms with Gasteiger partial charge in [-0.1, -0.05) is 18.2 Å². The van der Waals surface area contributed by atoms with Gasteiger partial charge in [0.05, 0.1) is 5.69 Å². The van der Waals surface area contributed by atoms with Crippen LogP contribution >= 0.6 is 0 Å². The van der Waals surface area contributed by atoms with E-state index in [9.17, 15) is 9.59 Å². The fourth-order valence-corrected chi connectivity index (χ4v) is 2.64. The largest absolute Gasteiger partial charge is 0.378 e. The van der Waals surface area contributed by atoms with E-state index in [2.05, 4.69) is 5.43 Å². The van der Waals surface area contributed by atoms with E-state index in [0.717, 1.165) is 22.4 Å². The van der Waals surface area contributed by atoms with Gasteiger partial charge in [-0.2, -0.15) is 0 Å². The van der Waals surface area contributed by atoms with Gasteiger partial charge in [-0.05, 0) is 60.9 Å². The molecular formula is C20H21N3O2. The molecule has 25 heavy (non-hydrogen) atoms. The van der Waals surface area contributed by atoms with E-state index in [1.807, 2.05) is 75.3 Å². The smallest absolute Gasteiger partial charge is 0.282 e. The van der Waals surface area contributed by atoms with Gasteiger partial charge in [-0.25, -0.2) is 5.01 Å². The highest BCUT2D eigenvalue weighted by Gasteiger charge is 2.34. The van der Waals surface area contributed by atoms with Crippen LogP contribution in [0.2, 0.25) is 0 Å². The Balaban J connectivity index is 1.89. The van der Waals surface area contributed by atoms with Gasteiger partial charge >= 0.3 is 0 Å². The highest BCUT2D eigenvalue weighted by Crippen LogP contribution is 2.24. The molecule has 0 aliphatic carbocycles. The molecule has 0 spiro atoms. The monoisotopic (exact) mass is 335 g/mol. The van der Waals surface area contributed by atoms with Crippen LogP contribution in [0.15, 0.2) is 48.0 Å². The van der Waals surface area contributed by atoms with Crippen LogP contribution in [0.5, 0.6) is 0 Å². The average Bonchev–Trinajstić information content (AvgIpc) is 2.86. The Kier molecular flexibility index (Phi) is 4.31. The van der Waals surface area contributed by atoms with E-state index in [4.69, 9.17) is 0 Å². The van der Waals surface area contributed by atoms with Crippen molar-refractivity contribution in [3.05, 3.63) is 64.7 Å². The third-order valence-corrected chi connectivity index (χ3v) is 4.36. The molecule has 2 aromatic rings. The zero-order valence-corrected chi connectivity index (χ0v) is 14.8. The zero-order chi connectivity index (χ0) is 18.1. The number of nitrogens with zero attached hydrogens (tertiary/aromatic N) is 2. The first kappa shape index (κ1) is 16.8. The molecule has 1 aliphatic rings. The number of aryl methyl sites for hydroxylation is 2. The summed E-state index contributed by atoms with van der Waals surface area (Å²) in [6.45, 7) is 3.98. The fraction of sp³-hybridized carbons (Fsp3) is 0.200. The quantitative estimate of drug-likeness (QED) is 0.693. The van der Waals surface area contributed by atoms with Crippen LogP contribution < -0.4 is 15.3 Å². The Labute approximate surface area is 147 Å². The lowest BCUT2D eigenvalue weighted by Gasteiger charge is -2.16. The van der Waals surface area contributed by atoms with Gasteiger partial charge in [-0.3, -0.25) is 15.0 Å². The van der Waals surface area contributed by atoms with E-state index < -0.39 is 0 Å². The maximum absolute atomic E-state index is 12.7. The molecule has 0 bridgehead atoms. The Morgan fingerprint density at radius 1 is 0.960 bits per heavy atom. The molecule has 5 nitrogen and oxygen atoms in total. The van der Waals surface area contributed by atoms with Crippen LogP contribution in [0.1, 0.15) is 16.7 Å². The van der Waals surface area contributed by atoms with Gasteiger partial charge in [-0.15, -0.1) is 0 Å². The molecule has 2 aromatic carbocycles. The van der Waals surface area contributed by atoms with Crippen molar-refractivity contribution < 1.29 is 9.59 Å². The number of hydrogen-bond donors (Lipinski definition) is 1. The Morgan fingerprint density at radius 2 is 1.64 bits per heavy atom. The Morgan fingerprint density at radius 3 is 2.24 bits per heavy atom. The SMILES string of the molecule is Cc1ccc(N2NC(=O)C(=Cc3ccc(N(C)C)cc3)C2=O)cc1C. The second-order valence-electron chi connectivity index (χ2n) is 6.39. The minimum Gasteiger partial charge on any atom is -0.378 e. The maximum atomic E-state index is 12.7. The second kappa shape index (κ2) is 6.43. The molecule has 0 radical (unpaired) electrons. The number of amides is 2. The van der Waals surface area contributed by atoms with E-state index in [0.29, 0.717) is 5.69 Å². The molecule has 5 heteroatoms. The molecule has 1 fully saturated rings. The molecule has 1 saturated heterocycles. The Bertz CT molecular complexity index is 867. The summed E-state index contributed by atoms with van der Waals surface area (Å²) in [6, 6.07) is 13.3. The van der Waals surface area contributed by atoms with E-state index >= 15 is 0 Å². The van der Waals surface area contributed by atoms with Crippen LogP contribution in [-0.4, -0.2) is 25.9 Å². The summed E-state index contributed by atoms with van der Waals surface area (Å²) < 4.78 is 0. The van der Waals surface area contributed by atoms with E-state index in [1.54, 1.807) is 6.08 Å². The lowest BCUT2D eigenvalue weighted by Crippen LogP contribution is -2.35. The molecule has 0 atom stereocenters. The number of benzene rings is 2. The van der Waals surface area contributed by atoms with Crippen LogP contribution in [0, 0.1) is 13.8 Å². The van der Waals surface area contributed by atoms with Gasteiger partial charge in [0.15, 0.2) is 0 Å². The van der Waals surface area contributed by atoms with Crippen LogP contribution in [0.4, 0.5) is 11.4 Å². The van der Waals surface area contributed by atoms with Crippen molar-refractivity contribution >= 4 is 29.3 Å². The number of nitrogens with one attached hydrogen (secondary N) is 1. The van der Waals surface area contributed by atoms with Crippen LogP contribution in [0.25, 0.3) is 6.08 Å². The van der Waals surface area contributed by atoms with Crippen molar-refractivity contribution in [2.45, 2.75) is 13.8 Å². The average molecular weight is 335 g/mol. The lowest BCUT2D eigenvalue weighted by molar-refractivity contribution is -0.117. The number of hydrogen-bond acceptors (Lipinski definition) is 3. The third-order valence-electron chi connectivity index (χ3n) is 4.36. The van der Waals surface area contributed by atoms with Gasteiger partial charge in [0.1, 0.15) is 5.57 Å². The van der Waals surface area contributed by atoms with Gasteiger partial charge in [0.25, 0.3) is 11.8 Å². The fourth-order valence-electron chi connectivity index (χ4n) is 2.64. The topological polar surface area (TPSA) is 52.7 Å². The van der Waals surface area contributed by atoms with Crippen molar-refractivity contribution in [3.8, 4) is 0 Å². The number of rotatable bonds is 3. The first-order valence-corrected chi connectivity index (χ1v) is 8.08. The molecule has 2 amide bonds. The van der Waals surface area contributed by atoms with E-state index in [-0.39, 0.29) is 17.4 Å². The predicted molar refractivity (Wildman–Crippen MR) is 100 cm³/mol. The molecule has 128 valence electrons. The standard InChI is InChI=1S/C20H21N3O2/c1-13-5-8-17(11-14(13)2)23-20(25)18(19(24)21-23)12-15-6-9-16(10-7-15)22(3)4/h5-12H,1-4H3,(H,21,24). The summed E-state index contributed by atoms with van der Waals surface area (Å²) in [7, 11) is 3.92. The molecule has 0 aromatic heterocycles. The highest BCUT2D eigenvalue weighted by atomic mass is 16.2. The van der Waals surface area contributed by atoms with Crippen molar-refractivity contribution in [1.29, 1.82) is 0 Å². The Hall–Kier alpha value is -3.08. The highest BCUT2D eigenvalue weighted by molar-refractivity contribution is 6.31. The number of carbonyl (C=O) groups is 2. The maximum Gasteiger partial charge on any atom is 0.282 e. The summed E-state index contributed by atoms with van der Waals surface area (Å²) in [5, 5.41) is 1.30. The molecule has 1 aliphatic heterocycles. The molecule has 3 rings (SSSR count). The van der Waals surface area contributed by atoms with Crippen molar-refractivity contribution in [2.75, 3.05) is 24.0 Å². The van der Waals surface area contributed by atoms with Crippen molar-refractivity contribution in [3.63, 3.8) is 0 Å². The van der Waals surface area contributed by atoms with Crippen molar-refractivity contribution in [2.24, 2.45) is 0 Å². The molecule has 1 N–H and O–H groups in total. The third kappa shape index (κ3) is 3.26. The summed E-state index contributed by atoms with van der Waals surface area (Å²) in [4.78, 5) is 26.9. The molecule has 0 unspecified atom stereocenters. The normalized spacial score (nSPS) is 15.7. The number of carbonyl (C=O) groups excluding carboxylic acids is 2. The first-order chi connectivity index (χ1) is 11.9. The van der Waals surface area contributed by atoms with Gasteiger partial charge in [0.2, 0.25) is 0 Å². The minimum absolute atomic E-state index is 0.135. The second-order valence-corrected chi connectivity index (χ2v) is 6.39. The summed E-state index contributed by atoms with van der Waals surface area (Å²) in [6.07, 6.45) is 1.62. The van der Waals surface area contributed by atoms with Crippen molar-refractivity contribution in [1.82, 2.24) is 5.43 Å². The molecule has 1 heterocycles. The lowest BCUT2D eigenvalue weighted by atomic mass is 10.1. The van der Waals surface area contributed by atoms with Gasteiger partial charge < -0.3 is 4.90 Å². The zero-order valence-electron chi connectivity index (χ0n) is 14.8. The number of hydrazine groups is 1. The first-order valence-electron chi connectivity index (χ1n) is 8.08. The van der Waals surface area contributed by atoms with Gasteiger partial charge in [0, 0.05) is 19.8 Å². The number of anilines is 2. The van der Waals surface area contributed by atoms with E-state index in [1.165, 1.54) is 5.01 Å². The summed E-state index contributed by atoms with van der Waals surface area (Å²) in [5.41, 5.74) is 7.50. The van der Waals surface area contributed by atoms with Crippen LogP contribution in [0.3, 0.4) is 0 Å². The summed E-state index contributed by atoms with van der Waals surface area (Å²) in [5.74, 6) is -0.732.